The summed E-state index contributed by atoms with van der Waals surface area (Å²) >= 11 is 0. The van der Waals surface area contributed by atoms with Crippen LogP contribution in [0.2, 0.25) is 0 Å². The number of nitrogens with zero attached hydrogens (tertiary/aromatic N) is 2. The Morgan fingerprint density at radius 1 is 1.08 bits per heavy atom. The predicted octanol–water partition coefficient (Wildman–Crippen LogP) is 2.26. The first kappa shape index (κ1) is 18.8. The second-order valence-electron chi connectivity index (χ2n) is 7.62. The van der Waals surface area contributed by atoms with Crippen LogP contribution >= 0.6 is 0 Å². The van der Waals surface area contributed by atoms with Crippen molar-refractivity contribution >= 4 is 11.8 Å². The van der Waals surface area contributed by atoms with Crippen LogP contribution in [0.3, 0.4) is 0 Å². The summed E-state index contributed by atoms with van der Waals surface area (Å²) in [5, 5.41) is 0. The normalized spacial score (nSPS) is 23.0. The summed E-state index contributed by atoms with van der Waals surface area (Å²) in [5.74, 6) is 0.0216. The summed E-state index contributed by atoms with van der Waals surface area (Å²) in [7, 11) is 0. The first-order chi connectivity index (χ1) is 12.5. The Bertz CT molecular complexity index is 639. The van der Waals surface area contributed by atoms with E-state index in [0.717, 1.165) is 38.8 Å². The number of carbonyl (C=O) groups is 2. The van der Waals surface area contributed by atoms with E-state index in [1.807, 2.05) is 11.8 Å². The van der Waals surface area contributed by atoms with Crippen molar-refractivity contribution in [3.63, 3.8) is 0 Å². The number of halogens is 1. The molecule has 2 amide bonds. The van der Waals surface area contributed by atoms with Gasteiger partial charge in [-0.2, -0.15) is 0 Å². The van der Waals surface area contributed by atoms with E-state index < -0.39 is 0 Å². The summed E-state index contributed by atoms with van der Waals surface area (Å²) in [6, 6.07) is 5.76. The van der Waals surface area contributed by atoms with Gasteiger partial charge in [0.25, 0.3) is 5.91 Å². The maximum absolute atomic E-state index is 13.1. The number of hydrogen-bond donors (Lipinski definition) is 1. The Labute approximate surface area is 154 Å². The molecule has 3 rings (SSSR count). The fourth-order valence-electron chi connectivity index (χ4n) is 4.04. The lowest BCUT2D eigenvalue weighted by atomic mass is 9.89. The Morgan fingerprint density at radius 3 is 2.35 bits per heavy atom. The average molecular weight is 361 g/mol. The van der Waals surface area contributed by atoms with E-state index in [1.54, 1.807) is 4.90 Å². The average Bonchev–Trinajstić information content (AvgIpc) is 2.67. The van der Waals surface area contributed by atoms with E-state index in [0.29, 0.717) is 24.6 Å². The third kappa shape index (κ3) is 4.23. The molecule has 0 aliphatic carbocycles. The molecule has 6 heteroatoms. The zero-order chi connectivity index (χ0) is 18.7. The Kier molecular flexibility index (Phi) is 5.91. The highest BCUT2D eigenvalue weighted by atomic mass is 19.1. The number of benzene rings is 1. The standard InChI is InChI=1S/C20H28FN3O2/c1-14(22)15-8-11-23(12-9-15)20(26)17-3-2-10-24(13-17)19(25)16-4-6-18(21)7-5-16/h4-7,14-15,17H,2-3,8-13,22H2,1H3. The molecule has 2 fully saturated rings. The second-order valence-corrected chi connectivity index (χ2v) is 7.62. The highest BCUT2D eigenvalue weighted by Gasteiger charge is 2.33. The van der Waals surface area contributed by atoms with Gasteiger partial charge in [-0.25, -0.2) is 4.39 Å². The topological polar surface area (TPSA) is 66.6 Å². The van der Waals surface area contributed by atoms with Gasteiger partial charge < -0.3 is 15.5 Å². The number of piperidine rings is 2. The van der Waals surface area contributed by atoms with Crippen LogP contribution in [0.15, 0.2) is 24.3 Å². The van der Waals surface area contributed by atoms with Crippen LogP contribution in [0.5, 0.6) is 0 Å². The van der Waals surface area contributed by atoms with E-state index in [9.17, 15) is 14.0 Å². The van der Waals surface area contributed by atoms with Crippen LogP contribution < -0.4 is 5.73 Å². The third-order valence-corrected chi connectivity index (χ3v) is 5.74. The second kappa shape index (κ2) is 8.16. The quantitative estimate of drug-likeness (QED) is 0.898. The van der Waals surface area contributed by atoms with Gasteiger partial charge >= 0.3 is 0 Å². The summed E-state index contributed by atoms with van der Waals surface area (Å²) in [4.78, 5) is 29.2. The molecule has 1 aromatic rings. The van der Waals surface area contributed by atoms with Gasteiger partial charge in [0.05, 0.1) is 5.92 Å². The molecule has 2 unspecified atom stereocenters. The minimum atomic E-state index is -0.358. The van der Waals surface area contributed by atoms with Crippen molar-refractivity contribution in [1.82, 2.24) is 9.80 Å². The van der Waals surface area contributed by atoms with Crippen LogP contribution in [0, 0.1) is 17.7 Å². The summed E-state index contributed by atoms with van der Waals surface area (Å²) in [6.07, 6.45) is 3.54. The Balaban J connectivity index is 1.58. The predicted molar refractivity (Wildman–Crippen MR) is 98.0 cm³/mol. The van der Waals surface area contributed by atoms with Gasteiger partial charge in [-0.3, -0.25) is 9.59 Å². The van der Waals surface area contributed by atoms with Crippen molar-refractivity contribution in [1.29, 1.82) is 0 Å². The van der Waals surface area contributed by atoms with Crippen LogP contribution in [0.1, 0.15) is 43.0 Å². The Morgan fingerprint density at radius 2 is 1.73 bits per heavy atom. The van der Waals surface area contributed by atoms with Gasteiger partial charge in [0.2, 0.25) is 5.91 Å². The minimum absolute atomic E-state index is 0.127. The van der Waals surface area contributed by atoms with Gasteiger partial charge in [-0.1, -0.05) is 0 Å². The van der Waals surface area contributed by atoms with Crippen molar-refractivity contribution in [3.8, 4) is 0 Å². The van der Waals surface area contributed by atoms with E-state index in [-0.39, 0.29) is 29.6 Å². The molecule has 142 valence electrons. The van der Waals surface area contributed by atoms with Crippen molar-refractivity contribution in [3.05, 3.63) is 35.6 Å². The van der Waals surface area contributed by atoms with Gasteiger partial charge in [0, 0.05) is 37.8 Å². The summed E-state index contributed by atoms with van der Waals surface area (Å²) in [5.41, 5.74) is 6.45. The van der Waals surface area contributed by atoms with Crippen LogP contribution in [0.4, 0.5) is 4.39 Å². The monoisotopic (exact) mass is 361 g/mol. The molecule has 5 nitrogen and oxygen atoms in total. The minimum Gasteiger partial charge on any atom is -0.342 e. The van der Waals surface area contributed by atoms with Gasteiger partial charge in [-0.15, -0.1) is 0 Å². The van der Waals surface area contributed by atoms with E-state index >= 15 is 0 Å². The van der Waals surface area contributed by atoms with Crippen LogP contribution in [-0.4, -0.2) is 53.8 Å². The SMILES string of the molecule is CC(N)C1CCN(C(=O)C2CCCN(C(=O)c3ccc(F)cc3)C2)CC1. The number of likely N-dealkylation sites (tertiary alicyclic amines) is 2. The van der Waals surface area contributed by atoms with E-state index in [2.05, 4.69) is 0 Å². The van der Waals surface area contributed by atoms with Crippen molar-refractivity contribution < 1.29 is 14.0 Å². The molecule has 0 radical (unpaired) electrons. The van der Waals surface area contributed by atoms with E-state index in [1.165, 1.54) is 24.3 Å². The maximum Gasteiger partial charge on any atom is 0.253 e. The summed E-state index contributed by atoms with van der Waals surface area (Å²) in [6.45, 7) is 4.64. The lowest BCUT2D eigenvalue weighted by Gasteiger charge is -2.38. The molecule has 0 aromatic heterocycles. The van der Waals surface area contributed by atoms with Gasteiger partial charge in [0.1, 0.15) is 5.82 Å². The fourth-order valence-corrected chi connectivity index (χ4v) is 4.04. The zero-order valence-electron chi connectivity index (χ0n) is 15.4. The lowest BCUT2D eigenvalue weighted by molar-refractivity contribution is -0.138. The van der Waals surface area contributed by atoms with Crippen molar-refractivity contribution in [2.24, 2.45) is 17.6 Å². The fraction of sp³-hybridized carbons (Fsp3) is 0.600. The van der Waals surface area contributed by atoms with Gasteiger partial charge in [-0.05, 0) is 62.8 Å². The number of amides is 2. The molecule has 0 saturated carbocycles. The maximum atomic E-state index is 13.1. The largest absolute Gasteiger partial charge is 0.342 e. The molecular weight excluding hydrogens is 333 g/mol. The number of nitrogens with two attached hydrogens (primary N) is 1. The van der Waals surface area contributed by atoms with Crippen molar-refractivity contribution in [2.75, 3.05) is 26.2 Å². The van der Waals surface area contributed by atoms with E-state index in [4.69, 9.17) is 5.73 Å². The van der Waals surface area contributed by atoms with Gasteiger partial charge in [0.15, 0.2) is 0 Å². The molecule has 2 N–H and O–H groups in total. The molecule has 0 bridgehead atoms. The third-order valence-electron chi connectivity index (χ3n) is 5.74. The first-order valence-corrected chi connectivity index (χ1v) is 9.55. The number of carbonyl (C=O) groups excluding carboxylic acids is 2. The Hall–Kier alpha value is -1.95. The molecule has 2 heterocycles. The highest BCUT2D eigenvalue weighted by Crippen LogP contribution is 2.25. The van der Waals surface area contributed by atoms with Crippen LogP contribution in [-0.2, 0) is 4.79 Å². The molecule has 1 aromatic carbocycles. The molecule has 2 saturated heterocycles. The molecule has 2 aliphatic rings. The molecule has 0 spiro atoms. The lowest BCUT2D eigenvalue weighted by Crippen LogP contribution is -2.49. The van der Waals surface area contributed by atoms with Crippen molar-refractivity contribution in [2.45, 2.75) is 38.6 Å². The number of hydrogen-bond acceptors (Lipinski definition) is 3. The van der Waals surface area contributed by atoms with Crippen LogP contribution in [0.25, 0.3) is 0 Å². The zero-order valence-corrected chi connectivity index (χ0v) is 15.4. The summed E-state index contributed by atoms with van der Waals surface area (Å²) < 4.78 is 13.1. The number of rotatable bonds is 3. The molecule has 26 heavy (non-hydrogen) atoms. The highest BCUT2D eigenvalue weighted by molar-refractivity contribution is 5.94. The first-order valence-electron chi connectivity index (χ1n) is 9.55. The molecular formula is C20H28FN3O2. The smallest absolute Gasteiger partial charge is 0.253 e. The molecule has 2 atom stereocenters. The molecule has 2 aliphatic heterocycles.